The number of rotatable bonds is 5. The fourth-order valence-electron chi connectivity index (χ4n) is 1.86. The van der Waals surface area contributed by atoms with Gasteiger partial charge in [0.1, 0.15) is 17.7 Å². The Hall–Kier alpha value is -1.29. The molecule has 4 heteroatoms. The van der Waals surface area contributed by atoms with Crippen LogP contribution in [0.2, 0.25) is 0 Å². The maximum absolute atomic E-state index is 13.0. The molecule has 1 aromatic carbocycles. The van der Waals surface area contributed by atoms with E-state index in [2.05, 4.69) is 0 Å². The van der Waals surface area contributed by atoms with Crippen molar-refractivity contribution in [1.29, 1.82) is 0 Å². The summed E-state index contributed by atoms with van der Waals surface area (Å²) >= 11 is 0. The summed E-state index contributed by atoms with van der Waals surface area (Å²) in [6, 6.07) is 2.86. The normalized spacial score (nSPS) is 16.9. The third-order valence-corrected chi connectivity index (χ3v) is 2.80. The van der Waals surface area contributed by atoms with Crippen LogP contribution in [0.3, 0.4) is 0 Å². The van der Waals surface area contributed by atoms with E-state index in [-0.39, 0.29) is 17.3 Å². The van der Waals surface area contributed by atoms with E-state index in [4.69, 9.17) is 4.74 Å². The molecule has 1 fully saturated rings. The summed E-state index contributed by atoms with van der Waals surface area (Å²) in [5.41, 5.74) is 0.0489. The van der Waals surface area contributed by atoms with Gasteiger partial charge in [-0.25, -0.2) is 8.78 Å². The van der Waals surface area contributed by atoms with Crippen molar-refractivity contribution in [1.82, 2.24) is 0 Å². The summed E-state index contributed by atoms with van der Waals surface area (Å²) in [6.07, 6.45) is 1.32. The third kappa shape index (κ3) is 2.88. The summed E-state index contributed by atoms with van der Waals surface area (Å²) in [5.74, 6) is -1.60. The molecule has 1 unspecified atom stereocenters. The highest BCUT2D eigenvalue weighted by molar-refractivity contribution is 5.99. The monoisotopic (exact) mass is 240 g/mol. The standard InChI is InChI=1S/C13H14F2O2/c1-2-17-13(8-3-4-8)12(16)9-5-10(14)7-11(15)6-9/h5-8,13H,2-4H2,1H3. The first-order valence-electron chi connectivity index (χ1n) is 5.73. The fraction of sp³-hybridized carbons (Fsp3) is 0.462. The van der Waals surface area contributed by atoms with Gasteiger partial charge in [0, 0.05) is 18.2 Å². The molecular weight excluding hydrogens is 226 g/mol. The Bertz CT molecular complexity index is 407. The Morgan fingerprint density at radius 3 is 2.41 bits per heavy atom. The van der Waals surface area contributed by atoms with Crippen LogP contribution in [0.4, 0.5) is 8.78 Å². The van der Waals surface area contributed by atoms with Crippen LogP contribution in [0.5, 0.6) is 0 Å². The van der Waals surface area contributed by atoms with E-state index in [9.17, 15) is 13.6 Å². The molecule has 1 saturated carbocycles. The van der Waals surface area contributed by atoms with Crippen molar-refractivity contribution in [3.8, 4) is 0 Å². The Labute approximate surface area is 98.6 Å². The first kappa shape index (κ1) is 12.2. The van der Waals surface area contributed by atoms with Crippen LogP contribution < -0.4 is 0 Å². The second kappa shape index (κ2) is 4.92. The molecule has 92 valence electrons. The zero-order valence-corrected chi connectivity index (χ0v) is 9.58. The van der Waals surface area contributed by atoms with Gasteiger partial charge >= 0.3 is 0 Å². The second-order valence-electron chi connectivity index (χ2n) is 4.24. The quantitative estimate of drug-likeness (QED) is 0.739. The molecule has 1 atom stereocenters. The molecule has 17 heavy (non-hydrogen) atoms. The molecule has 0 amide bonds. The van der Waals surface area contributed by atoms with Crippen molar-refractivity contribution < 1.29 is 18.3 Å². The van der Waals surface area contributed by atoms with Crippen molar-refractivity contribution in [2.24, 2.45) is 5.92 Å². The first-order chi connectivity index (χ1) is 8.11. The maximum Gasteiger partial charge on any atom is 0.192 e. The van der Waals surface area contributed by atoms with E-state index in [0.29, 0.717) is 6.61 Å². The third-order valence-electron chi connectivity index (χ3n) is 2.80. The van der Waals surface area contributed by atoms with Gasteiger partial charge in [-0.3, -0.25) is 4.79 Å². The maximum atomic E-state index is 13.0. The number of benzene rings is 1. The molecule has 0 bridgehead atoms. The number of hydrogen-bond acceptors (Lipinski definition) is 2. The van der Waals surface area contributed by atoms with Gasteiger partial charge < -0.3 is 4.74 Å². The topological polar surface area (TPSA) is 26.3 Å². The van der Waals surface area contributed by atoms with Gasteiger partial charge in [-0.05, 0) is 37.8 Å². The largest absolute Gasteiger partial charge is 0.370 e. The highest BCUT2D eigenvalue weighted by Crippen LogP contribution is 2.36. The molecule has 0 spiro atoms. The number of Topliss-reactive ketones (excluding diaryl/α,β-unsaturated/α-hetero) is 1. The number of hydrogen-bond donors (Lipinski definition) is 0. The molecule has 0 aromatic heterocycles. The van der Waals surface area contributed by atoms with Crippen LogP contribution in [0.15, 0.2) is 18.2 Å². The zero-order valence-electron chi connectivity index (χ0n) is 9.58. The van der Waals surface area contributed by atoms with Crippen molar-refractivity contribution in [3.05, 3.63) is 35.4 Å². The van der Waals surface area contributed by atoms with Crippen LogP contribution in [0.25, 0.3) is 0 Å². The molecular formula is C13H14F2O2. The van der Waals surface area contributed by atoms with E-state index >= 15 is 0 Å². The van der Waals surface area contributed by atoms with Crippen LogP contribution in [0, 0.1) is 17.6 Å². The molecule has 1 aliphatic carbocycles. The molecule has 0 N–H and O–H groups in total. The minimum atomic E-state index is -0.737. The number of carbonyl (C=O) groups is 1. The van der Waals surface area contributed by atoms with Crippen molar-refractivity contribution in [3.63, 3.8) is 0 Å². The summed E-state index contributed by atoms with van der Waals surface area (Å²) in [5, 5.41) is 0. The van der Waals surface area contributed by atoms with Gasteiger partial charge in [-0.15, -0.1) is 0 Å². The van der Waals surface area contributed by atoms with E-state index in [1.54, 1.807) is 6.92 Å². The summed E-state index contributed by atoms with van der Waals surface area (Å²) < 4.78 is 31.4. The molecule has 0 radical (unpaired) electrons. The van der Waals surface area contributed by atoms with Gasteiger partial charge in [0.05, 0.1) is 0 Å². The van der Waals surface area contributed by atoms with E-state index in [1.165, 1.54) is 0 Å². The minimum Gasteiger partial charge on any atom is -0.370 e. The second-order valence-corrected chi connectivity index (χ2v) is 4.24. The van der Waals surface area contributed by atoms with Gasteiger partial charge in [0.25, 0.3) is 0 Å². The average Bonchev–Trinajstić information content (AvgIpc) is 3.07. The first-order valence-corrected chi connectivity index (χ1v) is 5.73. The van der Waals surface area contributed by atoms with E-state index < -0.39 is 17.7 Å². The Kier molecular flexibility index (Phi) is 3.52. The highest BCUT2D eigenvalue weighted by Gasteiger charge is 2.37. The summed E-state index contributed by atoms with van der Waals surface area (Å²) in [7, 11) is 0. The molecule has 0 aliphatic heterocycles. The molecule has 1 aliphatic rings. The van der Waals surface area contributed by atoms with Crippen LogP contribution in [-0.2, 0) is 4.74 Å². The molecule has 0 heterocycles. The van der Waals surface area contributed by atoms with Crippen molar-refractivity contribution in [2.45, 2.75) is 25.9 Å². The van der Waals surface area contributed by atoms with E-state index in [1.807, 2.05) is 0 Å². The number of ketones is 1. The zero-order chi connectivity index (χ0) is 12.4. The predicted octanol–water partition coefficient (Wildman–Crippen LogP) is 2.96. The Balaban J connectivity index is 2.21. The lowest BCUT2D eigenvalue weighted by atomic mass is 10.0. The lowest BCUT2D eigenvalue weighted by Gasteiger charge is -2.15. The van der Waals surface area contributed by atoms with E-state index in [0.717, 1.165) is 31.0 Å². The minimum absolute atomic E-state index is 0.0489. The summed E-state index contributed by atoms with van der Waals surface area (Å²) in [4.78, 5) is 12.1. The Morgan fingerprint density at radius 1 is 1.35 bits per heavy atom. The molecule has 2 rings (SSSR count). The van der Waals surface area contributed by atoms with Gasteiger partial charge in [-0.2, -0.15) is 0 Å². The van der Waals surface area contributed by atoms with Gasteiger partial charge in [0.2, 0.25) is 0 Å². The highest BCUT2D eigenvalue weighted by atomic mass is 19.1. The molecule has 2 nitrogen and oxygen atoms in total. The SMILES string of the molecule is CCOC(C(=O)c1cc(F)cc(F)c1)C1CC1. The predicted molar refractivity (Wildman–Crippen MR) is 58.8 cm³/mol. The van der Waals surface area contributed by atoms with Gasteiger partial charge in [0.15, 0.2) is 5.78 Å². The summed E-state index contributed by atoms with van der Waals surface area (Å²) in [6.45, 7) is 2.22. The molecule has 0 saturated heterocycles. The van der Waals surface area contributed by atoms with Crippen LogP contribution in [-0.4, -0.2) is 18.5 Å². The lowest BCUT2D eigenvalue weighted by Crippen LogP contribution is -2.27. The smallest absolute Gasteiger partial charge is 0.192 e. The van der Waals surface area contributed by atoms with Crippen LogP contribution in [0.1, 0.15) is 30.1 Å². The lowest BCUT2D eigenvalue weighted by molar-refractivity contribution is 0.0374. The average molecular weight is 240 g/mol. The number of ether oxygens (including phenoxy) is 1. The van der Waals surface area contributed by atoms with Crippen molar-refractivity contribution >= 4 is 5.78 Å². The molecule has 1 aromatic rings. The fourth-order valence-corrected chi connectivity index (χ4v) is 1.86. The van der Waals surface area contributed by atoms with Gasteiger partial charge in [-0.1, -0.05) is 0 Å². The number of halogens is 2. The van der Waals surface area contributed by atoms with Crippen molar-refractivity contribution in [2.75, 3.05) is 6.61 Å². The number of carbonyl (C=O) groups excluding carboxylic acids is 1. The van der Waals surface area contributed by atoms with Crippen LogP contribution >= 0.6 is 0 Å². The Morgan fingerprint density at radius 2 is 1.94 bits per heavy atom.